The average molecular weight is 226 g/mol. The molecule has 0 bridgehead atoms. The molecule has 2 atom stereocenters. The number of urea groups is 1. The van der Waals surface area contributed by atoms with E-state index >= 15 is 0 Å². The molecule has 2 aliphatic rings. The Morgan fingerprint density at radius 2 is 2.00 bits per heavy atom. The Labute approximate surface area is 94.8 Å². The standard InChI is InChI=1S/C11H18N2O3/c1-7-3-2-6-13(9(7)10(14)15)11(16)12-8-4-5-8/h7-9H,2-6H2,1H3,(H,12,16)(H,14,15). The zero-order valence-corrected chi connectivity index (χ0v) is 9.48. The number of carboxylic acid groups (broad SMARTS) is 1. The lowest BCUT2D eigenvalue weighted by Crippen LogP contribution is -2.55. The Kier molecular flexibility index (Phi) is 3.03. The lowest BCUT2D eigenvalue weighted by atomic mass is 9.91. The second-order valence-electron chi connectivity index (χ2n) is 4.82. The topological polar surface area (TPSA) is 69.6 Å². The molecule has 16 heavy (non-hydrogen) atoms. The highest BCUT2D eigenvalue weighted by molar-refractivity contribution is 5.83. The van der Waals surface area contributed by atoms with E-state index in [1.54, 1.807) is 0 Å². The molecule has 2 N–H and O–H groups in total. The van der Waals surface area contributed by atoms with Gasteiger partial charge in [0.1, 0.15) is 6.04 Å². The molecule has 0 aromatic carbocycles. The first-order valence-corrected chi connectivity index (χ1v) is 5.89. The molecule has 1 heterocycles. The van der Waals surface area contributed by atoms with E-state index in [-0.39, 0.29) is 18.0 Å². The summed E-state index contributed by atoms with van der Waals surface area (Å²) in [7, 11) is 0. The number of hydrogen-bond donors (Lipinski definition) is 2. The molecule has 1 saturated heterocycles. The molecule has 2 amide bonds. The van der Waals surface area contributed by atoms with E-state index in [0.29, 0.717) is 6.54 Å². The number of hydrogen-bond acceptors (Lipinski definition) is 2. The van der Waals surface area contributed by atoms with Gasteiger partial charge in [-0.3, -0.25) is 0 Å². The summed E-state index contributed by atoms with van der Waals surface area (Å²) in [6, 6.07) is -0.590. The summed E-state index contributed by atoms with van der Waals surface area (Å²) < 4.78 is 0. The summed E-state index contributed by atoms with van der Waals surface area (Å²) in [6.45, 7) is 2.45. The second-order valence-corrected chi connectivity index (χ2v) is 4.82. The SMILES string of the molecule is CC1CCCN(C(=O)NC2CC2)C1C(=O)O. The van der Waals surface area contributed by atoms with E-state index in [0.717, 1.165) is 25.7 Å². The van der Waals surface area contributed by atoms with Crippen LogP contribution in [0.25, 0.3) is 0 Å². The number of piperidine rings is 1. The summed E-state index contributed by atoms with van der Waals surface area (Å²) in [5, 5.41) is 12.0. The van der Waals surface area contributed by atoms with Gasteiger partial charge in [-0.15, -0.1) is 0 Å². The van der Waals surface area contributed by atoms with E-state index in [2.05, 4.69) is 5.32 Å². The van der Waals surface area contributed by atoms with Crippen molar-refractivity contribution in [3.05, 3.63) is 0 Å². The van der Waals surface area contributed by atoms with Crippen LogP contribution < -0.4 is 5.32 Å². The Morgan fingerprint density at radius 1 is 1.31 bits per heavy atom. The molecular weight excluding hydrogens is 208 g/mol. The molecule has 0 aromatic heterocycles. The van der Waals surface area contributed by atoms with Crippen LogP contribution in [0.1, 0.15) is 32.6 Å². The van der Waals surface area contributed by atoms with E-state index in [9.17, 15) is 9.59 Å². The van der Waals surface area contributed by atoms with E-state index in [1.807, 2.05) is 6.92 Å². The Balaban J connectivity index is 2.03. The van der Waals surface area contributed by atoms with Gasteiger partial charge in [0.15, 0.2) is 0 Å². The Morgan fingerprint density at radius 3 is 2.56 bits per heavy atom. The molecule has 1 saturated carbocycles. The van der Waals surface area contributed by atoms with Crippen molar-refractivity contribution in [1.82, 2.24) is 10.2 Å². The monoisotopic (exact) mass is 226 g/mol. The van der Waals surface area contributed by atoms with Gasteiger partial charge < -0.3 is 15.3 Å². The smallest absolute Gasteiger partial charge is 0.326 e. The lowest BCUT2D eigenvalue weighted by molar-refractivity contribution is -0.145. The number of likely N-dealkylation sites (tertiary alicyclic amines) is 1. The van der Waals surface area contributed by atoms with E-state index in [4.69, 9.17) is 5.11 Å². The molecule has 5 heteroatoms. The predicted molar refractivity (Wildman–Crippen MR) is 58.1 cm³/mol. The molecule has 1 aliphatic heterocycles. The van der Waals surface area contributed by atoms with Gasteiger partial charge in [0.25, 0.3) is 0 Å². The van der Waals surface area contributed by atoms with Crippen molar-refractivity contribution in [1.29, 1.82) is 0 Å². The molecule has 90 valence electrons. The van der Waals surface area contributed by atoms with Crippen LogP contribution >= 0.6 is 0 Å². The van der Waals surface area contributed by atoms with Crippen LogP contribution in [0.15, 0.2) is 0 Å². The number of amides is 2. The molecule has 2 unspecified atom stereocenters. The van der Waals surface area contributed by atoms with E-state index < -0.39 is 12.0 Å². The van der Waals surface area contributed by atoms with Crippen molar-refractivity contribution in [3.8, 4) is 0 Å². The van der Waals surface area contributed by atoms with Crippen molar-refractivity contribution in [2.45, 2.75) is 44.7 Å². The fourth-order valence-corrected chi connectivity index (χ4v) is 2.28. The molecular formula is C11H18N2O3. The van der Waals surface area contributed by atoms with Crippen molar-refractivity contribution in [2.24, 2.45) is 5.92 Å². The van der Waals surface area contributed by atoms with Gasteiger partial charge in [-0.2, -0.15) is 0 Å². The minimum absolute atomic E-state index is 0.0382. The van der Waals surface area contributed by atoms with E-state index in [1.165, 1.54) is 4.90 Å². The quantitative estimate of drug-likeness (QED) is 0.739. The number of nitrogens with one attached hydrogen (secondary N) is 1. The number of carbonyl (C=O) groups excluding carboxylic acids is 1. The van der Waals surface area contributed by atoms with Crippen molar-refractivity contribution in [2.75, 3.05) is 6.54 Å². The number of rotatable bonds is 2. The van der Waals surface area contributed by atoms with Gasteiger partial charge in [0.05, 0.1) is 0 Å². The third-order valence-electron chi connectivity index (χ3n) is 3.35. The molecule has 0 radical (unpaired) electrons. The Hall–Kier alpha value is -1.26. The zero-order chi connectivity index (χ0) is 11.7. The normalized spacial score (nSPS) is 29.9. The lowest BCUT2D eigenvalue weighted by Gasteiger charge is -2.37. The van der Waals surface area contributed by atoms with Crippen LogP contribution in [0.5, 0.6) is 0 Å². The van der Waals surface area contributed by atoms with Gasteiger partial charge in [0.2, 0.25) is 0 Å². The number of aliphatic carboxylic acids is 1. The molecule has 0 spiro atoms. The number of carbonyl (C=O) groups is 2. The summed E-state index contributed by atoms with van der Waals surface area (Å²) in [5.74, 6) is -0.852. The third kappa shape index (κ3) is 2.28. The predicted octanol–water partition coefficient (Wildman–Crippen LogP) is 1.04. The molecule has 5 nitrogen and oxygen atoms in total. The summed E-state index contributed by atoms with van der Waals surface area (Å²) in [6.07, 6.45) is 3.81. The summed E-state index contributed by atoms with van der Waals surface area (Å²) >= 11 is 0. The van der Waals surface area contributed by atoms with Gasteiger partial charge in [0, 0.05) is 12.6 Å². The fraction of sp³-hybridized carbons (Fsp3) is 0.818. The van der Waals surface area contributed by atoms with Crippen LogP contribution in [0, 0.1) is 5.92 Å². The third-order valence-corrected chi connectivity index (χ3v) is 3.35. The maximum Gasteiger partial charge on any atom is 0.326 e. The number of nitrogens with zero attached hydrogens (tertiary/aromatic N) is 1. The minimum atomic E-state index is -0.891. The summed E-state index contributed by atoms with van der Waals surface area (Å²) in [4.78, 5) is 24.5. The van der Waals surface area contributed by atoms with Crippen molar-refractivity contribution >= 4 is 12.0 Å². The first kappa shape index (κ1) is 11.2. The Bertz CT molecular complexity index is 302. The molecule has 2 rings (SSSR count). The highest BCUT2D eigenvalue weighted by atomic mass is 16.4. The highest BCUT2D eigenvalue weighted by Gasteiger charge is 2.38. The first-order valence-electron chi connectivity index (χ1n) is 5.89. The largest absolute Gasteiger partial charge is 0.480 e. The minimum Gasteiger partial charge on any atom is -0.480 e. The van der Waals surface area contributed by atoms with Gasteiger partial charge >= 0.3 is 12.0 Å². The van der Waals surface area contributed by atoms with Crippen molar-refractivity contribution < 1.29 is 14.7 Å². The summed E-state index contributed by atoms with van der Waals surface area (Å²) in [5.41, 5.74) is 0. The van der Waals surface area contributed by atoms with Gasteiger partial charge in [-0.05, 0) is 31.6 Å². The van der Waals surface area contributed by atoms with Gasteiger partial charge in [-0.1, -0.05) is 6.92 Å². The van der Waals surface area contributed by atoms with Crippen LogP contribution in [-0.2, 0) is 4.79 Å². The fourth-order valence-electron chi connectivity index (χ4n) is 2.28. The maximum atomic E-state index is 11.9. The molecule has 0 aromatic rings. The second kappa shape index (κ2) is 4.31. The maximum absolute atomic E-state index is 11.9. The molecule has 2 fully saturated rings. The first-order chi connectivity index (χ1) is 7.59. The highest BCUT2D eigenvalue weighted by Crippen LogP contribution is 2.25. The van der Waals surface area contributed by atoms with Gasteiger partial charge in [-0.25, -0.2) is 9.59 Å². The van der Waals surface area contributed by atoms with Crippen LogP contribution in [0.2, 0.25) is 0 Å². The van der Waals surface area contributed by atoms with Crippen molar-refractivity contribution in [3.63, 3.8) is 0 Å². The molecule has 1 aliphatic carbocycles. The zero-order valence-electron chi connectivity index (χ0n) is 9.48. The van der Waals surface area contributed by atoms with Crippen LogP contribution in [0.4, 0.5) is 4.79 Å². The number of carboxylic acids is 1. The average Bonchev–Trinajstić information content (AvgIpc) is 3.00. The van der Waals surface area contributed by atoms with Crippen LogP contribution in [-0.4, -0.2) is 40.6 Å². The van der Waals surface area contributed by atoms with Crippen LogP contribution in [0.3, 0.4) is 0 Å².